The molecule has 88 valence electrons. The van der Waals surface area contributed by atoms with E-state index in [4.69, 9.17) is 4.74 Å². The highest BCUT2D eigenvalue weighted by molar-refractivity contribution is 9.10. The monoisotopic (exact) mass is 362 g/mol. The number of nitrogens with zero attached hydrogens (tertiary/aromatic N) is 1. The number of H-pyrrole nitrogens is 1. The molecule has 0 unspecified atom stereocenters. The van der Waals surface area contributed by atoms with Crippen LogP contribution in [0.3, 0.4) is 0 Å². The number of aromatic amines is 1. The lowest BCUT2D eigenvalue weighted by atomic mass is 10.3. The molecule has 0 bridgehead atoms. The Balaban J connectivity index is 2.41. The van der Waals surface area contributed by atoms with Crippen LogP contribution < -0.4 is 10.3 Å². The highest BCUT2D eigenvalue weighted by Crippen LogP contribution is 2.28. The molecule has 0 aliphatic rings. The number of aromatic nitrogens is 2. The van der Waals surface area contributed by atoms with Gasteiger partial charge >= 0.3 is 0 Å². The predicted molar refractivity (Wildman–Crippen MR) is 66.7 cm³/mol. The summed E-state index contributed by atoms with van der Waals surface area (Å²) < 4.78 is 19.4. The van der Waals surface area contributed by atoms with Crippen LogP contribution in [0.5, 0.6) is 11.6 Å². The quantitative estimate of drug-likeness (QED) is 0.891. The van der Waals surface area contributed by atoms with Crippen LogP contribution in [0.2, 0.25) is 0 Å². The first-order valence-electron chi connectivity index (χ1n) is 4.44. The fraction of sp³-hybridized carbons (Fsp3) is 0. The maximum Gasteiger partial charge on any atom is 0.268 e. The molecule has 2 rings (SSSR count). The molecule has 0 saturated carbocycles. The van der Waals surface area contributed by atoms with Crippen LogP contribution in [0.4, 0.5) is 4.39 Å². The normalized spacial score (nSPS) is 10.3. The fourth-order valence-electron chi connectivity index (χ4n) is 1.10. The topological polar surface area (TPSA) is 55.0 Å². The molecule has 1 N–H and O–H groups in total. The molecular formula is C10H5Br2FN2O2. The number of benzene rings is 1. The van der Waals surface area contributed by atoms with Crippen molar-refractivity contribution in [2.75, 3.05) is 0 Å². The van der Waals surface area contributed by atoms with Crippen LogP contribution >= 0.6 is 31.9 Å². The summed E-state index contributed by atoms with van der Waals surface area (Å²) in [6.45, 7) is 0. The summed E-state index contributed by atoms with van der Waals surface area (Å²) in [5.41, 5.74) is -0.398. The molecule has 17 heavy (non-hydrogen) atoms. The molecule has 0 aliphatic heterocycles. The number of rotatable bonds is 2. The largest absolute Gasteiger partial charge is 0.434 e. The van der Waals surface area contributed by atoms with E-state index in [0.717, 1.165) is 0 Å². The number of ether oxygens (including phenoxy) is 1. The molecule has 0 aliphatic carbocycles. The maximum atomic E-state index is 13.4. The van der Waals surface area contributed by atoms with E-state index in [2.05, 4.69) is 41.8 Å². The van der Waals surface area contributed by atoms with Crippen molar-refractivity contribution in [3.05, 3.63) is 49.6 Å². The van der Waals surface area contributed by atoms with Crippen LogP contribution in [0.15, 0.2) is 38.3 Å². The van der Waals surface area contributed by atoms with Gasteiger partial charge < -0.3 is 9.72 Å². The van der Waals surface area contributed by atoms with Gasteiger partial charge in [-0.15, -0.1) is 0 Å². The smallest absolute Gasteiger partial charge is 0.268 e. The maximum absolute atomic E-state index is 13.4. The van der Waals surface area contributed by atoms with Crippen molar-refractivity contribution >= 4 is 31.9 Å². The zero-order valence-electron chi connectivity index (χ0n) is 8.21. The first kappa shape index (κ1) is 12.3. The van der Waals surface area contributed by atoms with Crippen LogP contribution in [0.1, 0.15) is 0 Å². The molecule has 1 aromatic carbocycles. The van der Waals surface area contributed by atoms with Crippen LogP contribution in [-0.2, 0) is 0 Å². The molecule has 2 aromatic rings. The average molecular weight is 364 g/mol. The van der Waals surface area contributed by atoms with Crippen LogP contribution in [0.25, 0.3) is 0 Å². The lowest BCUT2D eigenvalue weighted by Gasteiger charge is -2.06. The fourth-order valence-corrected chi connectivity index (χ4v) is 1.74. The van der Waals surface area contributed by atoms with Gasteiger partial charge in [-0.25, -0.2) is 9.37 Å². The SMILES string of the molecule is O=c1[nH]cnc(Oc2cc(Br)ccc2F)c1Br. The van der Waals surface area contributed by atoms with Crippen molar-refractivity contribution in [1.82, 2.24) is 9.97 Å². The standard InChI is InChI=1S/C10H5Br2FN2O2/c11-5-1-2-6(13)7(3-5)17-10-8(12)9(16)14-4-15-10/h1-4H,(H,14,15,16). The Morgan fingerprint density at radius 1 is 1.35 bits per heavy atom. The van der Waals surface area contributed by atoms with Crippen molar-refractivity contribution in [3.63, 3.8) is 0 Å². The Morgan fingerprint density at radius 2 is 2.12 bits per heavy atom. The molecule has 4 nitrogen and oxygen atoms in total. The number of hydrogen-bond acceptors (Lipinski definition) is 3. The van der Waals surface area contributed by atoms with Gasteiger partial charge in [0.25, 0.3) is 5.56 Å². The van der Waals surface area contributed by atoms with Crippen molar-refractivity contribution in [3.8, 4) is 11.6 Å². The summed E-state index contributed by atoms with van der Waals surface area (Å²) in [4.78, 5) is 17.4. The highest BCUT2D eigenvalue weighted by Gasteiger charge is 2.11. The summed E-state index contributed by atoms with van der Waals surface area (Å²) in [5, 5.41) is 0. The number of nitrogens with one attached hydrogen (secondary N) is 1. The third-order valence-corrected chi connectivity index (χ3v) is 3.06. The third-order valence-electron chi connectivity index (χ3n) is 1.86. The molecule has 0 radical (unpaired) electrons. The van der Waals surface area contributed by atoms with Gasteiger partial charge in [-0.2, -0.15) is 0 Å². The van der Waals surface area contributed by atoms with Gasteiger partial charge in [-0.05, 0) is 34.1 Å². The van der Waals surface area contributed by atoms with E-state index in [9.17, 15) is 9.18 Å². The Bertz CT molecular complexity index is 615. The highest BCUT2D eigenvalue weighted by atomic mass is 79.9. The minimum Gasteiger partial charge on any atom is -0.434 e. The van der Waals surface area contributed by atoms with Crippen LogP contribution in [-0.4, -0.2) is 9.97 Å². The molecule has 0 amide bonds. The van der Waals surface area contributed by atoms with Crippen molar-refractivity contribution in [2.45, 2.75) is 0 Å². The van der Waals surface area contributed by atoms with Gasteiger partial charge in [0.15, 0.2) is 11.6 Å². The van der Waals surface area contributed by atoms with Gasteiger partial charge in [0, 0.05) is 4.47 Å². The second kappa shape index (κ2) is 4.97. The Kier molecular flexibility index (Phi) is 3.58. The van der Waals surface area contributed by atoms with E-state index in [0.29, 0.717) is 4.47 Å². The zero-order chi connectivity index (χ0) is 12.4. The molecule has 0 saturated heterocycles. The number of hydrogen-bond donors (Lipinski definition) is 1. The summed E-state index contributed by atoms with van der Waals surface area (Å²) in [7, 11) is 0. The Hall–Kier alpha value is -1.21. The van der Waals surface area contributed by atoms with Gasteiger partial charge in [-0.3, -0.25) is 4.79 Å². The molecule has 0 spiro atoms. The average Bonchev–Trinajstić information content (AvgIpc) is 2.30. The molecular weight excluding hydrogens is 359 g/mol. The van der Waals surface area contributed by atoms with Crippen molar-refractivity contribution in [2.24, 2.45) is 0 Å². The lowest BCUT2D eigenvalue weighted by molar-refractivity contribution is 0.422. The second-order valence-electron chi connectivity index (χ2n) is 3.03. The zero-order valence-corrected chi connectivity index (χ0v) is 11.4. The van der Waals surface area contributed by atoms with E-state index in [1.807, 2.05) is 0 Å². The van der Waals surface area contributed by atoms with Crippen molar-refractivity contribution in [1.29, 1.82) is 0 Å². The summed E-state index contributed by atoms with van der Waals surface area (Å²) in [6.07, 6.45) is 1.18. The Labute approximate surface area is 112 Å². The Morgan fingerprint density at radius 3 is 2.88 bits per heavy atom. The van der Waals surface area contributed by atoms with E-state index in [-0.39, 0.29) is 16.1 Å². The summed E-state index contributed by atoms with van der Waals surface area (Å²) in [5.74, 6) is -0.550. The summed E-state index contributed by atoms with van der Waals surface area (Å²) in [6, 6.07) is 4.24. The van der Waals surface area contributed by atoms with Crippen LogP contribution in [0, 0.1) is 5.82 Å². The summed E-state index contributed by atoms with van der Waals surface area (Å²) >= 11 is 6.21. The predicted octanol–water partition coefficient (Wildman–Crippen LogP) is 3.23. The minimum absolute atomic E-state index is 0.00532. The molecule has 0 fully saturated rings. The first-order chi connectivity index (χ1) is 8.08. The number of halogens is 3. The minimum atomic E-state index is -0.540. The van der Waals surface area contributed by atoms with Crippen molar-refractivity contribution < 1.29 is 9.13 Å². The molecule has 1 aromatic heterocycles. The lowest BCUT2D eigenvalue weighted by Crippen LogP contribution is -2.08. The van der Waals surface area contributed by atoms with Gasteiger partial charge in [0.05, 0.1) is 6.33 Å². The van der Waals surface area contributed by atoms with E-state index in [1.54, 1.807) is 6.07 Å². The first-order valence-corrected chi connectivity index (χ1v) is 6.02. The molecule has 1 heterocycles. The second-order valence-corrected chi connectivity index (χ2v) is 4.74. The van der Waals surface area contributed by atoms with E-state index < -0.39 is 11.4 Å². The molecule has 0 atom stereocenters. The third kappa shape index (κ3) is 2.73. The van der Waals surface area contributed by atoms with E-state index >= 15 is 0 Å². The molecule has 7 heteroatoms. The van der Waals surface area contributed by atoms with Gasteiger partial charge in [-0.1, -0.05) is 15.9 Å². The van der Waals surface area contributed by atoms with Gasteiger partial charge in [0.2, 0.25) is 5.88 Å². The van der Waals surface area contributed by atoms with Gasteiger partial charge in [0.1, 0.15) is 4.47 Å². The van der Waals surface area contributed by atoms with E-state index in [1.165, 1.54) is 18.5 Å².